The summed E-state index contributed by atoms with van der Waals surface area (Å²) in [6.07, 6.45) is 1.59. The number of oxazole rings is 1. The molecule has 118 valence electrons. The molecule has 2 rings (SSSR count). The van der Waals surface area contributed by atoms with Crippen molar-refractivity contribution in [3.8, 4) is 0 Å². The highest BCUT2D eigenvalue weighted by atomic mass is 32.1. The van der Waals surface area contributed by atoms with Crippen LogP contribution in [0.25, 0.3) is 0 Å². The Morgan fingerprint density at radius 3 is 2.82 bits per heavy atom. The molecule has 2 aromatic heterocycles. The van der Waals surface area contributed by atoms with Crippen LogP contribution < -0.4 is 0 Å². The Labute approximate surface area is 132 Å². The summed E-state index contributed by atoms with van der Waals surface area (Å²) < 4.78 is 9.83. The molecule has 0 aliphatic carbocycles. The zero-order chi connectivity index (χ0) is 16.1. The van der Waals surface area contributed by atoms with Crippen LogP contribution in [-0.4, -0.2) is 34.9 Å². The molecule has 6 nitrogen and oxygen atoms in total. The third-order valence-corrected chi connectivity index (χ3v) is 3.98. The monoisotopic (exact) mass is 322 g/mol. The molecule has 22 heavy (non-hydrogen) atoms. The molecule has 0 unspecified atom stereocenters. The second-order valence-corrected chi connectivity index (χ2v) is 6.02. The molecule has 0 saturated heterocycles. The van der Waals surface area contributed by atoms with Crippen LogP contribution >= 0.6 is 11.3 Å². The molecule has 0 radical (unpaired) electrons. The minimum absolute atomic E-state index is 0.000869. The summed E-state index contributed by atoms with van der Waals surface area (Å²) in [4.78, 5) is 30.5. The van der Waals surface area contributed by atoms with Crippen LogP contribution in [0.4, 0.5) is 0 Å². The zero-order valence-corrected chi connectivity index (χ0v) is 13.6. The molecule has 2 aromatic rings. The van der Waals surface area contributed by atoms with E-state index >= 15 is 0 Å². The standard InChI is InChI=1S/C15H18N2O4S/c1-10(2)17(14(18)7-11-5-4-6-22-11)8-13-16-12(9-21-13)15(19)20-3/h4-6,9-10H,7-8H2,1-3H3. The number of esters is 1. The minimum Gasteiger partial charge on any atom is -0.464 e. The Balaban J connectivity index is 2.06. The van der Waals surface area contributed by atoms with Crippen molar-refractivity contribution in [3.05, 3.63) is 40.2 Å². The first-order valence-electron chi connectivity index (χ1n) is 6.85. The number of thiophene rings is 1. The molecule has 0 bridgehead atoms. The number of hydrogen-bond acceptors (Lipinski definition) is 6. The third kappa shape index (κ3) is 3.94. The van der Waals surface area contributed by atoms with Gasteiger partial charge in [-0.1, -0.05) is 6.07 Å². The van der Waals surface area contributed by atoms with E-state index in [-0.39, 0.29) is 24.2 Å². The third-order valence-electron chi connectivity index (χ3n) is 3.10. The Morgan fingerprint density at radius 1 is 1.45 bits per heavy atom. The lowest BCUT2D eigenvalue weighted by atomic mass is 10.2. The van der Waals surface area contributed by atoms with Crippen molar-refractivity contribution in [2.45, 2.75) is 32.9 Å². The molecule has 0 aromatic carbocycles. The van der Waals surface area contributed by atoms with Crippen LogP contribution in [0.3, 0.4) is 0 Å². The summed E-state index contributed by atoms with van der Waals surface area (Å²) >= 11 is 1.55. The summed E-state index contributed by atoms with van der Waals surface area (Å²) in [6.45, 7) is 4.08. The van der Waals surface area contributed by atoms with E-state index in [0.29, 0.717) is 12.3 Å². The number of methoxy groups -OCH3 is 1. The Kier molecular flexibility index (Phi) is 5.32. The van der Waals surface area contributed by atoms with Crippen LogP contribution in [0.2, 0.25) is 0 Å². The van der Waals surface area contributed by atoms with Gasteiger partial charge in [-0.25, -0.2) is 9.78 Å². The van der Waals surface area contributed by atoms with Gasteiger partial charge in [0, 0.05) is 10.9 Å². The van der Waals surface area contributed by atoms with Gasteiger partial charge in [-0.2, -0.15) is 0 Å². The number of nitrogens with zero attached hydrogens (tertiary/aromatic N) is 2. The molecule has 1 amide bonds. The molecule has 0 atom stereocenters. The van der Waals surface area contributed by atoms with E-state index in [1.807, 2.05) is 31.4 Å². The van der Waals surface area contributed by atoms with Gasteiger partial charge in [0.2, 0.25) is 11.8 Å². The van der Waals surface area contributed by atoms with Crippen molar-refractivity contribution in [1.82, 2.24) is 9.88 Å². The second kappa shape index (κ2) is 7.22. The van der Waals surface area contributed by atoms with Gasteiger partial charge in [0.25, 0.3) is 0 Å². The number of aromatic nitrogens is 1. The first-order valence-corrected chi connectivity index (χ1v) is 7.73. The van der Waals surface area contributed by atoms with E-state index in [1.165, 1.54) is 13.4 Å². The lowest BCUT2D eigenvalue weighted by Crippen LogP contribution is -2.37. The normalized spacial score (nSPS) is 10.7. The predicted molar refractivity (Wildman–Crippen MR) is 81.6 cm³/mol. The molecular formula is C15H18N2O4S. The average Bonchev–Trinajstić information content (AvgIpc) is 3.14. The highest BCUT2D eigenvalue weighted by Crippen LogP contribution is 2.15. The maximum absolute atomic E-state index is 12.4. The van der Waals surface area contributed by atoms with Crippen LogP contribution in [0.15, 0.2) is 28.2 Å². The summed E-state index contributed by atoms with van der Waals surface area (Å²) in [7, 11) is 1.28. The molecule has 0 saturated carbocycles. The van der Waals surface area contributed by atoms with Crippen molar-refractivity contribution in [2.24, 2.45) is 0 Å². The maximum atomic E-state index is 12.4. The molecule has 0 aliphatic heterocycles. The zero-order valence-electron chi connectivity index (χ0n) is 12.7. The summed E-state index contributed by atoms with van der Waals surface area (Å²) in [6, 6.07) is 3.85. The summed E-state index contributed by atoms with van der Waals surface area (Å²) in [5, 5.41) is 1.94. The van der Waals surface area contributed by atoms with Crippen LogP contribution in [0.1, 0.15) is 35.1 Å². The number of carbonyl (C=O) groups is 2. The fourth-order valence-corrected chi connectivity index (χ4v) is 2.65. The second-order valence-electron chi connectivity index (χ2n) is 4.99. The molecular weight excluding hydrogens is 304 g/mol. The molecule has 0 spiro atoms. The summed E-state index contributed by atoms with van der Waals surface area (Å²) in [5.41, 5.74) is 0.104. The van der Waals surface area contributed by atoms with Crippen molar-refractivity contribution in [1.29, 1.82) is 0 Å². The van der Waals surface area contributed by atoms with E-state index in [0.717, 1.165) is 4.88 Å². The van der Waals surface area contributed by atoms with Gasteiger partial charge in [0.1, 0.15) is 6.26 Å². The van der Waals surface area contributed by atoms with Crippen LogP contribution in [0, 0.1) is 0 Å². The SMILES string of the molecule is COC(=O)c1coc(CN(C(=O)Cc2cccs2)C(C)C)n1. The van der Waals surface area contributed by atoms with Crippen molar-refractivity contribution < 1.29 is 18.7 Å². The lowest BCUT2D eigenvalue weighted by molar-refractivity contribution is -0.133. The van der Waals surface area contributed by atoms with Gasteiger partial charge in [-0.15, -0.1) is 11.3 Å². The fourth-order valence-electron chi connectivity index (χ4n) is 1.95. The molecule has 0 aliphatic rings. The van der Waals surface area contributed by atoms with Crippen molar-refractivity contribution >= 4 is 23.2 Å². The van der Waals surface area contributed by atoms with Crippen molar-refractivity contribution in [2.75, 3.05) is 7.11 Å². The van der Waals surface area contributed by atoms with E-state index in [2.05, 4.69) is 9.72 Å². The quantitative estimate of drug-likeness (QED) is 0.764. The first kappa shape index (κ1) is 16.2. The minimum atomic E-state index is -0.559. The molecule has 0 N–H and O–H groups in total. The number of rotatable bonds is 6. The first-order chi connectivity index (χ1) is 10.5. The van der Waals surface area contributed by atoms with Gasteiger partial charge < -0.3 is 14.1 Å². The Hall–Kier alpha value is -2.15. The lowest BCUT2D eigenvalue weighted by Gasteiger charge is -2.25. The predicted octanol–water partition coefficient (Wildman–Crippen LogP) is 2.50. The van der Waals surface area contributed by atoms with Crippen LogP contribution in [-0.2, 0) is 22.5 Å². The summed E-state index contributed by atoms with van der Waals surface area (Å²) in [5.74, 6) is -0.250. The topological polar surface area (TPSA) is 72.6 Å². The van der Waals surface area contributed by atoms with Crippen LogP contribution in [0.5, 0.6) is 0 Å². The average molecular weight is 322 g/mol. The van der Waals surface area contributed by atoms with Gasteiger partial charge in [-0.3, -0.25) is 4.79 Å². The highest BCUT2D eigenvalue weighted by molar-refractivity contribution is 7.10. The smallest absolute Gasteiger partial charge is 0.360 e. The number of carbonyl (C=O) groups excluding carboxylic acids is 2. The maximum Gasteiger partial charge on any atom is 0.360 e. The number of ether oxygens (including phenoxy) is 1. The largest absolute Gasteiger partial charge is 0.464 e. The van der Waals surface area contributed by atoms with Gasteiger partial charge in [0.15, 0.2) is 5.69 Å². The number of hydrogen-bond donors (Lipinski definition) is 0. The Morgan fingerprint density at radius 2 is 2.23 bits per heavy atom. The van der Waals surface area contributed by atoms with Crippen molar-refractivity contribution in [3.63, 3.8) is 0 Å². The molecule has 2 heterocycles. The Bertz CT molecular complexity index is 634. The van der Waals surface area contributed by atoms with E-state index in [4.69, 9.17) is 4.42 Å². The molecule has 0 fully saturated rings. The van der Waals surface area contributed by atoms with Gasteiger partial charge in [0.05, 0.1) is 20.1 Å². The number of amides is 1. The van der Waals surface area contributed by atoms with E-state index < -0.39 is 5.97 Å². The van der Waals surface area contributed by atoms with E-state index in [9.17, 15) is 9.59 Å². The highest BCUT2D eigenvalue weighted by Gasteiger charge is 2.21. The van der Waals surface area contributed by atoms with E-state index in [1.54, 1.807) is 16.2 Å². The fraction of sp³-hybridized carbons (Fsp3) is 0.400. The van der Waals surface area contributed by atoms with Gasteiger partial charge >= 0.3 is 5.97 Å². The molecule has 7 heteroatoms. The van der Waals surface area contributed by atoms with Gasteiger partial charge in [-0.05, 0) is 25.3 Å².